The highest BCUT2D eigenvalue weighted by Gasteiger charge is 2.15. The predicted molar refractivity (Wildman–Crippen MR) is 63.5 cm³/mol. The van der Waals surface area contributed by atoms with E-state index in [0.717, 1.165) is 0 Å². The minimum absolute atomic E-state index is 0.0931. The molecule has 4 nitrogen and oxygen atoms in total. The van der Waals surface area contributed by atoms with Crippen molar-refractivity contribution in [3.63, 3.8) is 0 Å². The average Bonchev–Trinajstić information content (AvgIpc) is 2.13. The maximum Gasteiger partial charge on any atom is 0.290 e. The molecule has 0 bridgehead atoms. The molecule has 0 amide bonds. The predicted octanol–water partition coefficient (Wildman–Crippen LogP) is 2.89. The molecule has 0 heterocycles. The molecule has 15 heavy (non-hydrogen) atoms. The van der Waals surface area contributed by atoms with Gasteiger partial charge in [-0.15, -0.1) is 0 Å². The van der Waals surface area contributed by atoms with Gasteiger partial charge in [-0.25, -0.2) is 0 Å². The second-order valence-corrected chi connectivity index (χ2v) is 4.07. The number of hydrogen-bond acceptors (Lipinski definition) is 3. The highest BCUT2D eigenvalue weighted by Crippen LogP contribution is 2.29. The van der Waals surface area contributed by atoms with E-state index in [4.69, 9.17) is 0 Å². The van der Waals surface area contributed by atoms with Crippen LogP contribution in [-0.4, -0.2) is 23.9 Å². The van der Waals surface area contributed by atoms with Crippen molar-refractivity contribution in [2.75, 3.05) is 14.1 Å². The van der Waals surface area contributed by atoms with Crippen LogP contribution in [0.3, 0.4) is 0 Å². The topological polar surface area (TPSA) is 46.4 Å². The van der Waals surface area contributed by atoms with Crippen molar-refractivity contribution >= 4 is 27.7 Å². The average molecular weight is 271 g/mol. The van der Waals surface area contributed by atoms with Crippen molar-refractivity contribution in [3.05, 3.63) is 44.5 Å². The highest BCUT2D eigenvalue weighted by atomic mass is 79.9. The van der Waals surface area contributed by atoms with Crippen molar-refractivity contribution in [1.29, 1.82) is 0 Å². The van der Waals surface area contributed by atoms with Crippen molar-refractivity contribution < 1.29 is 4.92 Å². The third-order valence-electron chi connectivity index (χ3n) is 1.75. The maximum absolute atomic E-state index is 10.8. The van der Waals surface area contributed by atoms with Crippen LogP contribution in [0.1, 0.15) is 5.56 Å². The molecule has 0 aliphatic heterocycles. The van der Waals surface area contributed by atoms with Gasteiger partial charge in [-0.2, -0.15) is 0 Å². The molecule has 0 aromatic heterocycles. The van der Waals surface area contributed by atoms with Gasteiger partial charge >= 0.3 is 0 Å². The quantitative estimate of drug-likeness (QED) is 0.627. The summed E-state index contributed by atoms with van der Waals surface area (Å²) in [5.74, 6) is 0. The SMILES string of the molecule is CN(C)/C=C/c1cccc(Br)c1[N+](=O)[O-]. The standard InChI is InChI=1S/C10H11BrN2O2/c1-12(2)7-6-8-4-3-5-9(11)10(8)13(14)15/h3-7H,1-2H3/b7-6+. The van der Waals surface area contributed by atoms with Crippen molar-refractivity contribution in [2.45, 2.75) is 0 Å². The third-order valence-corrected chi connectivity index (χ3v) is 2.39. The molecule has 0 saturated heterocycles. The minimum atomic E-state index is -0.389. The summed E-state index contributed by atoms with van der Waals surface area (Å²) >= 11 is 3.17. The lowest BCUT2D eigenvalue weighted by molar-refractivity contribution is -0.385. The zero-order valence-electron chi connectivity index (χ0n) is 8.48. The van der Waals surface area contributed by atoms with Crippen LogP contribution in [0.5, 0.6) is 0 Å². The van der Waals surface area contributed by atoms with Gasteiger partial charge in [0.25, 0.3) is 5.69 Å². The van der Waals surface area contributed by atoms with Crippen molar-refractivity contribution in [2.24, 2.45) is 0 Å². The van der Waals surface area contributed by atoms with Crippen LogP contribution in [0.4, 0.5) is 5.69 Å². The smallest absolute Gasteiger partial charge is 0.290 e. The Morgan fingerprint density at radius 1 is 1.47 bits per heavy atom. The monoisotopic (exact) mass is 270 g/mol. The van der Waals surface area contributed by atoms with E-state index < -0.39 is 0 Å². The molecule has 1 aromatic rings. The van der Waals surface area contributed by atoms with Gasteiger partial charge in [0.05, 0.1) is 15.0 Å². The van der Waals surface area contributed by atoms with E-state index in [1.165, 1.54) is 0 Å². The van der Waals surface area contributed by atoms with E-state index in [9.17, 15) is 10.1 Å². The molecule has 0 radical (unpaired) electrons. The van der Waals surface area contributed by atoms with E-state index in [2.05, 4.69) is 15.9 Å². The number of benzene rings is 1. The Kier molecular flexibility index (Phi) is 3.85. The molecular weight excluding hydrogens is 260 g/mol. The first-order valence-corrected chi connectivity index (χ1v) is 5.09. The highest BCUT2D eigenvalue weighted by molar-refractivity contribution is 9.10. The van der Waals surface area contributed by atoms with Crippen molar-refractivity contribution in [1.82, 2.24) is 4.90 Å². The van der Waals surface area contributed by atoms with Gasteiger partial charge in [-0.3, -0.25) is 10.1 Å². The third kappa shape index (κ3) is 3.06. The van der Waals surface area contributed by atoms with Gasteiger partial charge < -0.3 is 4.90 Å². The second kappa shape index (κ2) is 4.93. The lowest BCUT2D eigenvalue weighted by atomic mass is 10.2. The van der Waals surface area contributed by atoms with Crippen LogP contribution in [0.2, 0.25) is 0 Å². The Bertz CT molecular complexity index is 402. The fourth-order valence-electron chi connectivity index (χ4n) is 1.09. The maximum atomic E-state index is 10.8. The molecule has 80 valence electrons. The molecule has 0 aliphatic rings. The summed E-state index contributed by atoms with van der Waals surface area (Å²) in [5.41, 5.74) is 0.679. The molecule has 1 rings (SSSR count). The molecule has 0 unspecified atom stereocenters. The first kappa shape index (κ1) is 11.7. The van der Waals surface area contributed by atoms with Crippen LogP contribution in [-0.2, 0) is 0 Å². The van der Waals surface area contributed by atoms with Gasteiger partial charge in [0.1, 0.15) is 0 Å². The summed E-state index contributed by atoms with van der Waals surface area (Å²) in [6, 6.07) is 5.14. The van der Waals surface area contributed by atoms with E-state index in [0.29, 0.717) is 10.0 Å². The fraction of sp³-hybridized carbons (Fsp3) is 0.200. The largest absolute Gasteiger partial charge is 0.383 e. The summed E-state index contributed by atoms with van der Waals surface area (Å²) < 4.78 is 0.494. The Balaban J connectivity index is 3.17. The summed E-state index contributed by atoms with van der Waals surface area (Å²) in [6.07, 6.45) is 3.48. The number of para-hydroxylation sites is 1. The van der Waals surface area contributed by atoms with Gasteiger partial charge in [0.2, 0.25) is 0 Å². The number of nitro groups is 1. The molecule has 1 aromatic carbocycles. The number of nitro benzene ring substituents is 1. The van der Waals surface area contributed by atoms with E-state index in [1.54, 1.807) is 30.5 Å². The summed E-state index contributed by atoms with van der Waals surface area (Å²) in [6.45, 7) is 0. The number of halogens is 1. The lowest BCUT2D eigenvalue weighted by Crippen LogP contribution is -2.00. The molecule has 0 aliphatic carbocycles. The fourth-order valence-corrected chi connectivity index (χ4v) is 1.61. The lowest BCUT2D eigenvalue weighted by Gasteiger charge is -2.04. The van der Waals surface area contributed by atoms with Crippen LogP contribution in [0, 0.1) is 10.1 Å². The molecule has 5 heteroatoms. The minimum Gasteiger partial charge on any atom is -0.383 e. The number of nitrogens with zero attached hydrogens (tertiary/aromatic N) is 2. The molecule has 0 spiro atoms. The molecule has 0 N–H and O–H groups in total. The summed E-state index contributed by atoms with van der Waals surface area (Å²) in [7, 11) is 3.72. The summed E-state index contributed by atoms with van der Waals surface area (Å²) in [4.78, 5) is 12.2. The van der Waals surface area contributed by atoms with Crippen LogP contribution in [0.25, 0.3) is 6.08 Å². The zero-order chi connectivity index (χ0) is 11.4. The van der Waals surface area contributed by atoms with E-state index in [-0.39, 0.29) is 10.6 Å². The Labute approximate surface area is 96.5 Å². The Morgan fingerprint density at radius 3 is 2.67 bits per heavy atom. The molecule has 0 fully saturated rings. The number of rotatable bonds is 3. The summed E-state index contributed by atoms with van der Waals surface area (Å²) in [5, 5.41) is 10.8. The van der Waals surface area contributed by atoms with E-state index >= 15 is 0 Å². The first-order chi connectivity index (χ1) is 7.02. The van der Waals surface area contributed by atoms with Gasteiger partial charge in [-0.05, 0) is 40.3 Å². The first-order valence-electron chi connectivity index (χ1n) is 4.30. The number of hydrogen-bond donors (Lipinski definition) is 0. The van der Waals surface area contributed by atoms with E-state index in [1.807, 2.05) is 19.0 Å². The zero-order valence-corrected chi connectivity index (χ0v) is 10.1. The van der Waals surface area contributed by atoms with Crippen molar-refractivity contribution in [3.8, 4) is 0 Å². The Morgan fingerprint density at radius 2 is 2.13 bits per heavy atom. The van der Waals surface area contributed by atoms with Crippen LogP contribution < -0.4 is 0 Å². The molecule has 0 atom stereocenters. The van der Waals surface area contributed by atoms with Gasteiger partial charge in [0, 0.05) is 14.1 Å². The Hall–Kier alpha value is -1.36. The second-order valence-electron chi connectivity index (χ2n) is 3.21. The van der Waals surface area contributed by atoms with Gasteiger partial charge in [-0.1, -0.05) is 6.07 Å². The van der Waals surface area contributed by atoms with Gasteiger partial charge in [0.15, 0.2) is 0 Å². The normalized spacial score (nSPS) is 10.6. The van der Waals surface area contributed by atoms with Crippen LogP contribution in [0.15, 0.2) is 28.9 Å². The molecular formula is C10H11BrN2O2. The molecule has 0 saturated carbocycles. The van der Waals surface area contributed by atoms with Crippen LogP contribution >= 0.6 is 15.9 Å².